The lowest BCUT2D eigenvalue weighted by atomic mass is 10.1. The maximum Gasteiger partial charge on any atom is 0.349 e. The van der Waals surface area contributed by atoms with Crippen LogP contribution in [0.15, 0.2) is 90.5 Å². The second kappa shape index (κ2) is 9.38. The number of anilines is 3. The molecule has 4 nitrogen and oxygen atoms in total. The van der Waals surface area contributed by atoms with E-state index in [1.807, 2.05) is 66.7 Å². The average Bonchev–Trinajstić information content (AvgIpc) is 2.74. The second-order valence-corrected chi connectivity index (χ2v) is 6.72. The highest BCUT2D eigenvalue weighted by Crippen LogP contribution is 2.34. The molecule has 3 rings (SSSR count). The summed E-state index contributed by atoms with van der Waals surface area (Å²) in [6.07, 6.45) is 1.27. The molecule has 0 radical (unpaired) electrons. The van der Waals surface area contributed by atoms with E-state index in [9.17, 15) is 10.1 Å². The summed E-state index contributed by atoms with van der Waals surface area (Å²) in [4.78, 5) is 14.2. The van der Waals surface area contributed by atoms with E-state index in [4.69, 9.17) is 4.74 Å². The number of esters is 1. The van der Waals surface area contributed by atoms with Crippen LogP contribution >= 0.6 is 0 Å². The molecule has 29 heavy (non-hydrogen) atoms. The van der Waals surface area contributed by atoms with Gasteiger partial charge in [0.2, 0.25) is 0 Å². The fourth-order valence-corrected chi connectivity index (χ4v) is 2.90. The molecule has 4 heteroatoms. The molecule has 0 amide bonds. The van der Waals surface area contributed by atoms with Crippen molar-refractivity contribution in [2.75, 3.05) is 4.90 Å². The second-order valence-electron chi connectivity index (χ2n) is 6.72. The van der Waals surface area contributed by atoms with Gasteiger partial charge in [-0.3, -0.25) is 0 Å². The summed E-state index contributed by atoms with van der Waals surface area (Å²) in [5.74, 6) is -0.609. The van der Waals surface area contributed by atoms with Crippen molar-refractivity contribution in [3.8, 4) is 6.07 Å². The number of para-hydroxylation sites is 2. The monoisotopic (exact) mass is 382 g/mol. The number of nitrogens with zero attached hydrogens (tertiary/aromatic N) is 2. The standard InChI is InChI=1S/C25H22N2O2/c1-19(2)29-25(28)21(18-26)17-20-13-15-24(16-14-20)27(22-9-5-3-6-10-22)23-11-7-4-8-12-23/h3-17,19H,1-2H3/b21-17+. The fraction of sp³-hybridized carbons (Fsp3) is 0.120. The smallest absolute Gasteiger partial charge is 0.349 e. The van der Waals surface area contributed by atoms with Crippen LogP contribution in [0.25, 0.3) is 6.08 Å². The summed E-state index contributed by atoms with van der Waals surface area (Å²) >= 11 is 0. The van der Waals surface area contributed by atoms with Gasteiger partial charge in [-0.05, 0) is 61.9 Å². The number of ether oxygens (including phenoxy) is 1. The van der Waals surface area contributed by atoms with Crippen LogP contribution in [0.1, 0.15) is 19.4 Å². The Morgan fingerprint density at radius 2 is 1.34 bits per heavy atom. The third-order valence-electron chi connectivity index (χ3n) is 4.17. The minimum absolute atomic E-state index is 0.0191. The van der Waals surface area contributed by atoms with Crippen molar-refractivity contribution in [3.05, 3.63) is 96.1 Å². The largest absolute Gasteiger partial charge is 0.459 e. The van der Waals surface area contributed by atoms with Crippen LogP contribution in [0.4, 0.5) is 17.1 Å². The first kappa shape index (κ1) is 19.9. The van der Waals surface area contributed by atoms with E-state index in [2.05, 4.69) is 29.2 Å². The van der Waals surface area contributed by atoms with Crippen molar-refractivity contribution in [2.24, 2.45) is 0 Å². The van der Waals surface area contributed by atoms with Crippen molar-refractivity contribution >= 4 is 29.1 Å². The van der Waals surface area contributed by atoms with Crippen LogP contribution in [0, 0.1) is 11.3 Å². The van der Waals surface area contributed by atoms with Crippen LogP contribution in [0.3, 0.4) is 0 Å². The molecule has 0 aliphatic heterocycles. The summed E-state index contributed by atoms with van der Waals surface area (Å²) < 4.78 is 5.12. The Kier molecular flexibility index (Phi) is 6.44. The first-order chi connectivity index (χ1) is 14.1. The van der Waals surface area contributed by atoms with Gasteiger partial charge in [0, 0.05) is 17.1 Å². The number of benzene rings is 3. The highest BCUT2D eigenvalue weighted by atomic mass is 16.5. The quantitative estimate of drug-likeness (QED) is 0.297. The van der Waals surface area contributed by atoms with Gasteiger partial charge in [0.25, 0.3) is 0 Å². The predicted octanol–water partition coefficient (Wildman–Crippen LogP) is 6.01. The number of carbonyl (C=O) groups is 1. The molecule has 0 atom stereocenters. The molecule has 0 aliphatic rings. The van der Waals surface area contributed by atoms with Crippen molar-refractivity contribution < 1.29 is 9.53 Å². The Bertz CT molecular complexity index is 978. The molecule has 0 N–H and O–H groups in total. The molecule has 0 unspecified atom stereocenters. The maximum absolute atomic E-state index is 12.0. The Balaban J connectivity index is 1.93. The van der Waals surface area contributed by atoms with Crippen LogP contribution < -0.4 is 4.90 Å². The fourth-order valence-electron chi connectivity index (χ4n) is 2.90. The molecule has 0 heterocycles. The first-order valence-electron chi connectivity index (χ1n) is 9.41. The van der Waals surface area contributed by atoms with Crippen LogP contribution in [-0.4, -0.2) is 12.1 Å². The summed E-state index contributed by atoms with van der Waals surface area (Å²) in [5.41, 5.74) is 3.80. The van der Waals surface area contributed by atoms with Gasteiger partial charge in [-0.25, -0.2) is 4.79 Å². The van der Waals surface area contributed by atoms with Crippen molar-refractivity contribution in [2.45, 2.75) is 20.0 Å². The summed E-state index contributed by atoms with van der Waals surface area (Å²) in [6.45, 7) is 3.51. The highest BCUT2D eigenvalue weighted by Gasteiger charge is 2.14. The molecule has 0 fully saturated rings. The minimum Gasteiger partial charge on any atom is -0.459 e. The zero-order valence-corrected chi connectivity index (χ0v) is 16.4. The van der Waals surface area contributed by atoms with Gasteiger partial charge in [0.1, 0.15) is 11.6 Å². The molecular weight excluding hydrogens is 360 g/mol. The molecule has 0 aliphatic carbocycles. The number of hydrogen-bond donors (Lipinski definition) is 0. The van der Waals surface area contributed by atoms with E-state index in [1.54, 1.807) is 19.9 Å². The Morgan fingerprint density at radius 3 is 1.79 bits per heavy atom. The highest BCUT2D eigenvalue weighted by molar-refractivity contribution is 5.98. The van der Waals surface area contributed by atoms with E-state index < -0.39 is 5.97 Å². The third-order valence-corrected chi connectivity index (χ3v) is 4.17. The van der Waals surface area contributed by atoms with Gasteiger partial charge >= 0.3 is 5.97 Å². The predicted molar refractivity (Wildman–Crippen MR) is 116 cm³/mol. The number of nitriles is 1. The minimum atomic E-state index is -0.609. The van der Waals surface area contributed by atoms with Gasteiger partial charge < -0.3 is 9.64 Å². The van der Waals surface area contributed by atoms with Crippen LogP contribution in [0.5, 0.6) is 0 Å². The van der Waals surface area contributed by atoms with E-state index in [0.717, 1.165) is 22.6 Å². The Labute approximate surface area is 171 Å². The molecule has 3 aromatic rings. The van der Waals surface area contributed by atoms with Gasteiger partial charge in [-0.15, -0.1) is 0 Å². The van der Waals surface area contributed by atoms with E-state index >= 15 is 0 Å². The topological polar surface area (TPSA) is 53.3 Å². The summed E-state index contributed by atoms with van der Waals surface area (Å²) in [6, 6.07) is 29.8. The van der Waals surface area contributed by atoms with Gasteiger partial charge in [-0.2, -0.15) is 5.26 Å². The van der Waals surface area contributed by atoms with Crippen molar-refractivity contribution in [1.29, 1.82) is 5.26 Å². The Morgan fingerprint density at radius 1 is 0.862 bits per heavy atom. The summed E-state index contributed by atoms with van der Waals surface area (Å²) in [5, 5.41) is 9.28. The molecular formula is C25H22N2O2. The average molecular weight is 382 g/mol. The van der Waals surface area contributed by atoms with Gasteiger partial charge in [0.05, 0.1) is 6.10 Å². The molecule has 0 aromatic heterocycles. The molecule has 144 valence electrons. The molecule has 0 saturated heterocycles. The van der Waals surface area contributed by atoms with Crippen molar-refractivity contribution in [3.63, 3.8) is 0 Å². The molecule has 3 aromatic carbocycles. The zero-order chi connectivity index (χ0) is 20.6. The Hall–Kier alpha value is -3.84. The van der Waals surface area contributed by atoms with Crippen LogP contribution in [-0.2, 0) is 9.53 Å². The SMILES string of the molecule is CC(C)OC(=O)/C(C#N)=C/c1ccc(N(c2ccccc2)c2ccccc2)cc1. The molecule has 0 saturated carbocycles. The lowest BCUT2D eigenvalue weighted by Crippen LogP contribution is -2.12. The normalized spacial score (nSPS) is 11.0. The van der Waals surface area contributed by atoms with E-state index in [0.29, 0.717) is 0 Å². The van der Waals surface area contributed by atoms with Crippen LogP contribution in [0.2, 0.25) is 0 Å². The maximum atomic E-state index is 12.0. The van der Waals surface area contributed by atoms with E-state index in [1.165, 1.54) is 0 Å². The molecule has 0 spiro atoms. The zero-order valence-electron chi connectivity index (χ0n) is 16.4. The molecule has 0 bridgehead atoms. The number of carbonyl (C=O) groups excluding carboxylic acids is 1. The van der Waals surface area contributed by atoms with Gasteiger partial charge in [0.15, 0.2) is 0 Å². The lowest BCUT2D eigenvalue weighted by Gasteiger charge is -2.25. The lowest BCUT2D eigenvalue weighted by molar-refractivity contribution is -0.142. The summed E-state index contributed by atoms with van der Waals surface area (Å²) in [7, 11) is 0. The van der Waals surface area contributed by atoms with Gasteiger partial charge in [-0.1, -0.05) is 48.5 Å². The first-order valence-corrected chi connectivity index (χ1v) is 9.41. The van der Waals surface area contributed by atoms with E-state index in [-0.39, 0.29) is 11.7 Å². The number of hydrogen-bond acceptors (Lipinski definition) is 4. The van der Waals surface area contributed by atoms with Crippen molar-refractivity contribution in [1.82, 2.24) is 0 Å². The number of rotatable bonds is 6. The third kappa shape index (κ3) is 5.12.